The SMILES string of the molecule is CNc1cc(-c2ccc(N)cc2)nn1C(C)(C)C. The van der Waals surface area contributed by atoms with Crippen molar-refractivity contribution in [2.45, 2.75) is 26.3 Å². The summed E-state index contributed by atoms with van der Waals surface area (Å²) in [6.07, 6.45) is 0. The minimum atomic E-state index is -0.0512. The molecule has 1 heterocycles. The fraction of sp³-hybridized carbons (Fsp3) is 0.357. The fourth-order valence-electron chi connectivity index (χ4n) is 1.87. The number of nitrogens with two attached hydrogens (primary N) is 1. The lowest BCUT2D eigenvalue weighted by Gasteiger charge is -2.21. The van der Waals surface area contributed by atoms with Crippen LogP contribution >= 0.6 is 0 Å². The molecule has 0 saturated heterocycles. The fourth-order valence-corrected chi connectivity index (χ4v) is 1.87. The molecule has 4 nitrogen and oxygen atoms in total. The molecule has 2 aromatic rings. The van der Waals surface area contributed by atoms with Crippen LogP contribution in [0.4, 0.5) is 11.5 Å². The molecular formula is C14H20N4. The van der Waals surface area contributed by atoms with Gasteiger partial charge in [-0.2, -0.15) is 5.10 Å². The number of nitrogens with zero attached hydrogens (tertiary/aromatic N) is 2. The first-order valence-electron chi connectivity index (χ1n) is 6.06. The lowest BCUT2D eigenvalue weighted by Crippen LogP contribution is -2.24. The van der Waals surface area contributed by atoms with Gasteiger partial charge in [0.25, 0.3) is 0 Å². The number of nitrogens with one attached hydrogen (secondary N) is 1. The molecule has 1 aromatic carbocycles. The van der Waals surface area contributed by atoms with Crippen LogP contribution in [0.2, 0.25) is 0 Å². The van der Waals surface area contributed by atoms with Crippen molar-refractivity contribution in [3.63, 3.8) is 0 Å². The molecule has 0 aliphatic heterocycles. The first-order chi connectivity index (χ1) is 8.41. The Bertz CT molecular complexity index is 532. The van der Waals surface area contributed by atoms with Gasteiger partial charge in [-0.15, -0.1) is 0 Å². The molecule has 0 aliphatic carbocycles. The van der Waals surface area contributed by atoms with Crippen LogP contribution in [-0.4, -0.2) is 16.8 Å². The predicted molar refractivity (Wildman–Crippen MR) is 76.6 cm³/mol. The zero-order valence-electron chi connectivity index (χ0n) is 11.4. The van der Waals surface area contributed by atoms with Crippen LogP contribution in [0.1, 0.15) is 20.8 Å². The van der Waals surface area contributed by atoms with E-state index in [-0.39, 0.29) is 5.54 Å². The topological polar surface area (TPSA) is 55.9 Å². The van der Waals surface area contributed by atoms with Crippen LogP contribution in [0, 0.1) is 0 Å². The Labute approximate surface area is 108 Å². The van der Waals surface area contributed by atoms with Crippen molar-refractivity contribution in [3.8, 4) is 11.3 Å². The van der Waals surface area contributed by atoms with Crippen molar-refractivity contribution in [1.82, 2.24) is 9.78 Å². The zero-order chi connectivity index (χ0) is 13.3. The quantitative estimate of drug-likeness (QED) is 0.799. The van der Waals surface area contributed by atoms with E-state index in [1.807, 2.05) is 36.0 Å². The second-order valence-electron chi connectivity index (χ2n) is 5.37. The van der Waals surface area contributed by atoms with E-state index in [9.17, 15) is 0 Å². The van der Waals surface area contributed by atoms with Gasteiger partial charge in [0.2, 0.25) is 0 Å². The second-order valence-corrected chi connectivity index (χ2v) is 5.37. The molecule has 0 fully saturated rings. The van der Waals surface area contributed by atoms with E-state index in [1.165, 1.54) is 0 Å². The van der Waals surface area contributed by atoms with Gasteiger partial charge in [0.05, 0.1) is 11.2 Å². The number of anilines is 2. The second kappa shape index (κ2) is 4.37. The Kier molecular flexibility index (Phi) is 3.03. The summed E-state index contributed by atoms with van der Waals surface area (Å²) >= 11 is 0. The Morgan fingerprint density at radius 1 is 1.17 bits per heavy atom. The largest absolute Gasteiger partial charge is 0.399 e. The lowest BCUT2D eigenvalue weighted by molar-refractivity contribution is 0.361. The molecule has 0 unspecified atom stereocenters. The van der Waals surface area contributed by atoms with Crippen molar-refractivity contribution in [3.05, 3.63) is 30.3 Å². The van der Waals surface area contributed by atoms with Crippen LogP contribution in [0.3, 0.4) is 0 Å². The standard InChI is InChI=1S/C14H20N4/c1-14(2,3)18-13(16-4)9-12(17-18)10-5-7-11(15)8-6-10/h5-9,16H,15H2,1-4H3. The average molecular weight is 244 g/mol. The third-order valence-electron chi connectivity index (χ3n) is 2.81. The summed E-state index contributed by atoms with van der Waals surface area (Å²) in [7, 11) is 1.91. The van der Waals surface area contributed by atoms with Crippen molar-refractivity contribution in [2.24, 2.45) is 0 Å². The molecule has 2 rings (SSSR count). The van der Waals surface area contributed by atoms with Crippen molar-refractivity contribution >= 4 is 11.5 Å². The van der Waals surface area contributed by atoms with Crippen LogP contribution < -0.4 is 11.1 Å². The van der Waals surface area contributed by atoms with Gasteiger partial charge in [0.1, 0.15) is 5.82 Å². The highest BCUT2D eigenvalue weighted by molar-refractivity contribution is 5.65. The molecule has 0 amide bonds. The first-order valence-corrected chi connectivity index (χ1v) is 6.06. The van der Waals surface area contributed by atoms with Gasteiger partial charge in [-0.3, -0.25) is 0 Å². The predicted octanol–water partition coefficient (Wildman–Crippen LogP) is 2.93. The number of aromatic nitrogens is 2. The van der Waals surface area contributed by atoms with Crippen LogP contribution in [0.25, 0.3) is 11.3 Å². The maximum Gasteiger partial charge on any atom is 0.125 e. The maximum atomic E-state index is 5.70. The van der Waals surface area contributed by atoms with Gasteiger partial charge in [-0.05, 0) is 32.9 Å². The lowest BCUT2D eigenvalue weighted by atomic mass is 10.1. The molecule has 18 heavy (non-hydrogen) atoms. The Morgan fingerprint density at radius 2 is 1.78 bits per heavy atom. The molecule has 4 heteroatoms. The zero-order valence-corrected chi connectivity index (χ0v) is 11.4. The Balaban J connectivity index is 2.47. The molecule has 0 aliphatic rings. The molecule has 0 atom stereocenters. The number of benzene rings is 1. The van der Waals surface area contributed by atoms with Crippen LogP contribution in [-0.2, 0) is 5.54 Å². The summed E-state index contributed by atoms with van der Waals surface area (Å²) in [5, 5.41) is 7.84. The summed E-state index contributed by atoms with van der Waals surface area (Å²) in [6.45, 7) is 6.40. The van der Waals surface area contributed by atoms with Crippen LogP contribution in [0.15, 0.2) is 30.3 Å². The summed E-state index contributed by atoms with van der Waals surface area (Å²) < 4.78 is 2.00. The highest BCUT2D eigenvalue weighted by Gasteiger charge is 2.19. The third kappa shape index (κ3) is 2.32. The van der Waals surface area contributed by atoms with Gasteiger partial charge in [0.15, 0.2) is 0 Å². The summed E-state index contributed by atoms with van der Waals surface area (Å²) in [5.74, 6) is 1.01. The van der Waals surface area contributed by atoms with E-state index >= 15 is 0 Å². The normalized spacial score (nSPS) is 11.6. The van der Waals surface area contributed by atoms with Gasteiger partial charge < -0.3 is 11.1 Å². The van der Waals surface area contributed by atoms with E-state index in [0.717, 1.165) is 22.8 Å². The molecule has 0 radical (unpaired) electrons. The molecule has 0 spiro atoms. The third-order valence-corrected chi connectivity index (χ3v) is 2.81. The Hall–Kier alpha value is -1.97. The molecular weight excluding hydrogens is 224 g/mol. The summed E-state index contributed by atoms with van der Waals surface area (Å²) in [4.78, 5) is 0. The highest BCUT2D eigenvalue weighted by Crippen LogP contribution is 2.27. The number of nitrogen functional groups attached to an aromatic ring is 1. The molecule has 3 N–H and O–H groups in total. The monoisotopic (exact) mass is 244 g/mol. The van der Waals surface area contributed by atoms with Gasteiger partial charge >= 0.3 is 0 Å². The van der Waals surface area contributed by atoms with E-state index in [1.54, 1.807) is 0 Å². The van der Waals surface area contributed by atoms with Crippen molar-refractivity contribution in [2.75, 3.05) is 18.1 Å². The molecule has 0 saturated carbocycles. The smallest absolute Gasteiger partial charge is 0.125 e. The molecule has 96 valence electrons. The first kappa shape index (κ1) is 12.5. The minimum Gasteiger partial charge on any atom is -0.399 e. The van der Waals surface area contributed by atoms with Gasteiger partial charge in [-0.1, -0.05) is 12.1 Å². The number of rotatable bonds is 2. The minimum absolute atomic E-state index is 0.0512. The van der Waals surface area contributed by atoms with E-state index < -0.39 is 0 Å². The number of hydrogen-bond donors (Lipinski definition) is 2. The summed E-state index contributed by atoms with van der Waals surface area (Å²) in [5.41, 5.74) is 8.44. The van der Waals surface area contributed by atoms with E-state index in [0.29, 0.717) is 0 Å². The molecule has 1 aromatic heterocycles. The average Bonchev–Trinajstić information content (AvgIpc) is 2.73. The maximum absolute atomic E-state index is 5.70. The van der Waals surface area contributed by atoms with Gasteiger partial charge in [0, 0.05) is 24.4 Å². The van der Waals surface area contributed by atoms with Crippen molar-refractivity contribution in [1.29, 1.82) is 0 Å². The van der Waals surface area contributed by atoms with E-state index in [2.05, 4.69) is 37.3 Å². The Morgan fingerprint density at radius 3 is 2.22 bits per heavy atom. The van der Waals surface area contributed by atoms with Gasteiger partial charge in [-0.25, -0.2) is 4.68 Å². The summed E-state index contributed by atoms with van der Waals surface area (Å²) in [6, 6.07) is 9.82. The molecule has 0 bridgehead atoms. The van der Waals surface area contributed by atoms with Crippen molar-refractivity contribution < 1.29 is 0 Å². The highest BCUT2D eigenvalue weighted by atomic mass is 15.4. The van der Waals surface area contributed by atoms with Crippen LogP contribution in [0.5, 0.6) is 0 Å². The number of hydrogen-bond acceptors (Lipinski definition) is 3. The van der Waals surface area contributed by atoms with E-state index in [4.69, 9.17) is 5.73 Å².